The smallest absolute Gasteiger partial charge is 0.363 e. The molecular formula is C25H16ClI2NO5. The highest BCUT2D eigenvalue weighted by Crippen LogP contribution is 2.36. The van der Waals surface area contributed by atoms with Crippen LogP contribution < -0.4 is 9.47 Å². The number of halogens is 3. The van der Waals surface area contributed by atoms with E-state index in [1.807, 2.05) is 47.7 Å². The van der Waals surface area contributed by atoms with Gasteiger partial charge in [0.2, 0.25) is 5.90 Å². The molecule has 0 atom stereocenters. The molecule has 0 fully saturated rings. The lowest BCUT2D eigenvalue weighted by molar-refractivity contribution is -0.129. The van der Waals surface area contributed by atoms with E-state index in [9.17, 15) is 9.59 Å². The van der Waals surface area contributed by atoms with Gasteiger partial charge >= 0.3 is 11.9 Å². The van der Waals surface area contributed by atoms with Crippen LogP contribution in [0.3, 0.4) is 0 Å². The summed E-state index contributed by atoms with van der Waals surface area (Å²) >= 11 is 10.4. The molecular weight excluding hydrogens is 684 g/mol. The highest BCUT2D eigenvalue weighted by atomic mass is 127. The molecule has 0 saturated carbocycles. The highest BCUT2D eigenvalue weighted by Gasteiger charge is 2.26. The summed E-state index contributed by atoms with van der Waals surface area (Å²) in [6.07, 6.45) is 1.58. The van der Waals surface area contributed by atoms with Gasteiger partial charge in [-0.1, -0.05) is 29.3 Å². The molecule has 0 unspecified atom stereocenters. The van der Waals surface area contributed by atoms with Crippen LogP contribution in [0.4, 0.5) is 0 Å². The fourth-order valence-electron chi connectivity index (χ4n) is 3.11. The standard InChI is InChI=1S/C25H16ClI2NO5/c1-13-3-5-15(6-4-13)24(30)33-22-19(28)9-14(11-21(22)32-2)10-20-25(31)34-23(29-20)17-12-16(27)7-8-18(17)26/h3-12H,1-2H3/b20-10-. The van der Waals surface area contributed by atoms with Gasteiger partial charge in [0.25, 0.3) is 0 Å². The fraction of sp³-hybridized carbons (Fsp3) is 0.0800. The van der Waals surface area contributed by atoms with Gasteiger partial charge in [0, 0.05) is 3.57 Å². The molecule has 3 aromatic rings. The molecule has 0 amide bonds. The first-order valence-electron chi connectivity index (χ1n) is 9.89. The summed E-state index contributed by atoms with van der Waals surface area (Å²) in [5.74, 6) is -0.306. The largest absolute Gasteiger partial charge is 0.493 e. The predicted molar refractivity (Wildman–Crippen MR) is 147 cm³/mol. The number of aryl methyl sites for hydroxylation is 1. The maximum atomic E-state index is 12.6. The Kier molecular flexibility index (Phi) is 7.58. The monoisotopic (exact) mass is 699 g/mol. The van der Waals surface area contributed by atoms with Gasteiger partial charge < -0.3 is 14.2 Å². The number of hydrogen-bond acceptors (Lipinski definition) is 6. The average molecular weight is 700 g/mol. The minimum absolute atomic E-state index is 0.118. The summed E-state index contributed by atoms with van der Waals surface area (Å²) in [6.45, 7) is 1.94. The van der Waals surface area contributed by atoms with E-state index in [1.54, 1.807) is 42.5 Å². The minimum Gasteiger partial charge on any atom is -0.493 e. The minimum atomic E-state index is -0.589. The third kappa shape index (κ3) is 5.44. The summed E-state index contributed by atoms with van der Waals surface area (Å²) in [4.78, 5) is 29.4. The summed E-state index contributed by atoms with van der Waals surface area (Å²) < 4.78 is 18.0. The van der Waals surface area contributed by atoms with Gasteiger partial charge in [-0.3, -0.25) is 0 Å². The number of benzene rings is 3. The second kappa shape index (κ2) is 10.4. The van der Waals surface area contributed by atoms with Crippen LogP contribution in [0.25, 0.3) is 6.08 Å². The molecule has 0 radical (unpaired) electrons. The Hall–Kier alpha value is -2.44. The zero-order valence-electron chi connectivity index (χ0n) is 17.9. The molecule has 0 aromatic heterocycles. The lowest BCUT2D eigenvalue weighted by Gasteiger charge is -2.12. The Balaban J connectivity index is 1.64. The molecule has 0 N–H and O–H groups in total. The SMILES string of the molecule is COc1cc(/C=C2\N=C(c3cc(I)ccc3Cl)OC2=O)cc(I)c1OC(=O)c1ccc(C)cc1. The molecule has 0 saturated heterocycles. The third-order valence-electron chi connectivity index (χ3n) is 4.82. The average Bonchev–Trinajstić information content (AvgIpc) is 3.17. The second-order valence-corrected chi connectivity index (χ2v) is 10.1. The maximum Gasteiger partial charge on any atom is 0.363 e. The number of methoxy groups -OCH3 is 1. The molecule has 1 aliphatic rings. The Morgan fingerprint density at radius 1 is 1.09 bits per heavy atom. The molecule has 1 aliphatic heterocycles. The number of cyclic esters (lactones) is 1. The van der Waals surface area contributed by atoms with Gasteiger partial charge in [-0.15, -0.1) is 0 Å². The van der Waals surface area contributed by atoms with E-state index in [1.165, 1.54) is 7.11 Å². The van der Waals surface area contributed by atoms with E-state index >= 15 is 0 Å². The lowest BCUT2D eigenvalue weighted by Crippen LogP contribution is -2.10. The van der Waals surface area contributed by atoms with Crippen molar-refractivity contribution in [2.24, 2.45) is 4.99 Å². The van der Waals surface area contributed by atoms with Crippen LogP contribution in [0.2, 0.25) is 5.02 Å². The molecule has 6 nitrogen and oxygen atoms in total. The third-order valence-corrected chi connectivity index (χ3v) is 6.62. The number of carbonyl (C=O) groups excluding carboxylic acids is 2. The summed E-state index contributed by atoms with van der Waals surface area (Å²) in [7, 11) is 1.48. The van der Waals surface area contributed by atoms with Crippen molar-refractivity contribution in [2.75, 3.05) is 7.11 Å². The van der Waals surface area contributed by atoms with Crippen LogP contribution in [0.5, 0.6) is 11.5 Å². The zero-order chi connectivity index (χ0) is 24.4. The van der Waals surface area contributed by atoms with Gasteiger partial charge in [-0.05, 0) is 106 Å². The zero-order valence-corrected chi connectivity index (χ0v) is 23.0. The topological polar surface area (TPSA) is 74.2 Å². The second-order valence-electron chi connectivity index (χ2n) is 7.25. The molecule has 0 spiro atoms. The molecule has 0 bridgehead atoms. The van der Waals surface area contributed by atoms with Crippen molar-refractivity contribution in [3.63, 3.8) is 0 Å². The van der Waals surface area contributed by atoms with Crippen molar-refractivity contribution in [1.82, 2.24) is 0 Å². The van der Waals surface area contributed by atoms with Crippen molar-refractivity contribution in [1.29, 1.82) is 0 Å². The quantitative estimate of drug-likeness (QED) is 0.133. The molecule has 3 aromatic carbocycles. The molecule has 34 heavy (non-hydrogen) atoms. The van der Waals surface area contributed by atoms with Gasteiger partial charge in [0.15, 0.2) is 17.2 Å². The van der Waals surface area contributed by atoms with Gasteiger partial charge in [0.05, 0.1) is 26.8 Å². The molecule has 172 valence electrons. The van der Waals surface area contributed by atoms with Crippen molar-refractivity contribution in [3.8, 4) is 11.5 Å². The van der Waals surface area contributed by atoms with Gasteiger partial charge in [-0.2, -0.15) is 0 Å². The van der Waals surface area contributed by atoms with Crippen LogP contribution in [-0.4, -0.2) is 24.9 Å². The molecule has 9 heteroatoms. The molecule has 0 aliphatic carbocycles. The van der Waals surface area contributed by atoms with E-state index < -0.39 is 11.9 Å². The summed E-state index contributed by atoms with van der Waals surface area (Å²) in [5.41, 5.74) is 2.76. The van der Waals surface area contributed by atoms with Crippen molar-refractivity contribution in [2.45, 2.75) is 6.92 Å². The number of hydrogen-bond donors (Lipinski definition) is 0. The first-order chi connectivity index (χ1) is 16.2. The van der Waals surface area contributed by atoms with E-state index in [0.717, 1.165) is 9.13 Å². The van der Waals surface area contributed by atoms with E-state index in [-0.39, 0.29) is 11.6 Å². The summed E-state index contributed by atoms with van der Waals surface area (Å²) in [6, 6.07) is 15.9. The Morgan fingerprint density at radius 3 is 2.53 bits per heavy atom. The predicted octanol–water partition coefficient (Wildman–Crippen LogP) is 6.43. The number of ether oxygens (including phenoxy) is 3. The Morgan fingerprint density at radius 2 is 1.82 bits per heavy atom. The van der Waals surface area contributed by atoms with Gasteiger partial charge in [0.1, 0.15) is 0 Å². The number of nitrogens with zero attached hydrogens (tertiary/aromatic N) is 1. The van der Waals surface area contributed by atoms with Crippen molar-refractivity contribution < 1.29 is 23.8 Å². The number of carbonyl (C=O) groups is 2. The Bertz CT molecular complexity index is 1370. The van der Waals surface area contributed by atoms with Crippen LogP contribution in [-0.2, 0) is 9.53 Å². The number of rotatable bonds is 5. The fourth-order valence-corrected chi connectivity index (χ4v) is 4.53. The highest BCUT2D eigenvalue weighted by molar-refractivity contribution is 14.1. The van der Waals surface area contributed by atoms with Crippen LogP contribution >= 0.6 is 56.8 Å². The van der Waals surface area contributed by atoms with Gasteiger partial charge in [-0.25, -0.2) is 14.6 Å². The number of aliphatic imine (C=N–C) groups is 1. The van der Waals surface area contributed by atoms with Crippen LogP contribution in [0, 0.1) is 14.1 Å². The van der Waals surface area contributed by atoms with Crippen LogP contribution in [0.1, 0.15) is 27.0 Å². The normalized spacial score (nSPS) is 14.1. The van der Waals surface area contributed by atoms with Crippen molar-refractivity contribution >= 4 is 80.7 Å². The maximum absolute atomic E-state index is 12.6. The van der Waals surface area contributed by atoms with E-state index in [4.69, 9.17) is 25.8 Å². The Labute approximate surface area is 228 Å². The summed E-state index contributed by atoms with van der Waals surface area (Å²) in [5, 5.41) is 0.434. The lowest BCUT2D eigenvalue weighted by atomic mass is 10.1. The van der Waals surface area contributed by atoms with Crippen LogP contribution in [0.15, 0.2) is 65.3 Å². The number of esters is 2. The first kappa shape index (κ1) is 24.7. The molecule has 1 heterocycles. The first-order valence-corrected chi connectivity index (χ1v) is 12.4. The van der Waals surface area contributed by atoms with E-state index in [2.05, 4.69) is 27.6 Å². The van der Waals surface area contributed by atoms with E-state index in [0.29, 0.717) is 36.8 Å². The molecule has 4 rings (SSSR count). The van der Waals surface area contributed by atoms with Crippen molar-refractivity contribution in [3.05, 3.63) is 94.7 Å².